The van der Waals surface area contributed by atoms with E-state index in [-0.39, 0.29) is 0 Å². The van der Waals surface area contributed by atoms with Crippen LogP contribution in [0.25, 0.3) is 84.2 Å². The van der Waals surface area contributed by atoms with Crippen LogP contribution in [0, 0.1) is 0 Å². The van der Waals surface area contributed by atoms with E-state index in [1.807, 2.05) is 109 Å². The first-order chi connectivity index (χ1) is 22.8. The lowest BCUT2D eigenvalue weighted by molar-refractivity contribution is 0.669. The minimum Gasteiger partial charge on any atom is -0.455 e. The summed E-state index contributed by atoms with van der Waals surface area (Å²) in [7, 11) is 0. The molecule has 216 valence electrons. The third kappa shape index (κ3) is 4.27. The van der Waals surface area contributed by atoms with E-state index in [1.54, 1.807) is 0 Å². The van der Waals surface area contributed by atoms with Crippen LogP contribution in [0.4, 0.5) is 0 Å². The summed E-state index contributed by atoms with van der Waals surface area (Å²) in [5, 5.41) is 1.92. The van der Waals surface area contributed by atoms with Crippen LogP contribution in [-0.4, -0.2) is 24.5 Å². The Morgan fingerprint density at radius 3 is 1.76 bits per heavy atom. The Kier molecular flexibility index (Phi) is 6.03. The van der Waals surface area contributed by atoms with Crippen molar-refractivity contribution < 1.29 is 4.42 Å². The van der Waals surface area contributed by atoms with Crippen molar-refractivity contribution in [3.8, 4) is 51.2 Å². The minimum atomic E-state index is 0.586. The number of fused-ring (bicyclic) bond motifs is 4. The van der Waals surface area contributed by atoms with Crippen molar-refractivity contribution >= 4 is 33.0 Å². The minimum absolute atomic E-state index is 0.586. The van der Waals surface area contributed by atoms with Gasteiger partial charge in [-0.2, -0.15) is 0 Å². The van der Waals surface area contributed by atoms with Crippen molar-refractivity contribution in [2.45, 2.75) is 0 Å². The maximum Gasteiger partial charge on any atom is 0.164 e. The summed E-state index contributed by atoms with van der Waals surface area (Å²) < 4.78 is 8.89. The highest BCUT2D eigenvalue weighted by Crippen LogP contribution is 2.41. The van der Waals surface area contributed by atoms with Crippen molar-refractivity contribution in [2.75, 3.05) is 0 Å². The fourth-order valence-corrected chi connectivity index (χ4v) is 6.18. The van der Waals surface area contributed by atoms with E-state index in [0.717, 1.165) is 66.7 Å². The molecule has 6 heteroatoms. The third-order valence-electron chi connectivity index (χ3n) is 8.28. The van der Waals surface area contributed by atoms with E-state index in [0.29, 0.717) is 17.5 Å². The average Bonchev–Trinajstić information content (AvgIpc) is 3.72. The van der Waals surface area contributed by atoms with Crippen molar-refractivity contribution in [3.63, 3.8) is 0 Å². The van der Waals surface area contributed by atoms with Crippen LogP contribution in [0.1, 0.15) is 0 Å². The molecule has 9 rings (SSSR count). The summed E-state index contributed by atoms with van der Waals surface area (Å²) in [6.45, 7) is 0. The maximum atomic E-state index is 6.69. The monoisotopic (exact) mass is 591 g/mol. The van der Waals surface area contributed by atoms with Gasteiger partial charge in [-0.05, 0) is 36.4 Å². The third-order valence-corrected chi connectivity index (χ3v) is 8.28. The molecule has 0 amide bonds. The zero-order chi connectivity index (χ0) is 30.5. The first-order valence-corrected chi connectivity index (χ1v) is 15.2. The van der Waals surface area contributed by atoms with Crippen molar-refractivity contribution in [3.05, 3.63) is 152 Å². The highest BCUT2D eigenvalue weighted by molar-refractivity contribution is 6.15. The van der Waals surface area contributed by atoms with Gasteiger partial charge in [-0.15, -0.1) is 0 Å². The predicted octanol–water partition coefficient (Wildman–Crippen LogP) is 9.78. The summed E-state index contributed by atoms with van der Waals surface area (Å²) in [4.78, 5) is 20.0. The normalized spacial score (nSPS) is 11.5. The molecule has 0 fully saturated rings. The molecule has 0 radical (unpaired) electrons. The summed E-state index contributed by atoms with van der Waals surface area (Å²) >= 11 is 0. The number of benzene rings is 6. The van der Waals surface area contributed by atoms with Crippen LogP contribution in [0.15, 0.2) is 156 Å². The van der Waals surface area contributed by atoms with Crippen LogP contribution in [0.2, 0.25) is 0 Å². The number of furan rings is 1. The smallest absolute Gasteiger partial charge is 0.164 e. The molecular formula is C40H25N5O. The second kappa shape index (κ2) is 10.6. The quantitative estimate of drug-likeness (QED) is 0.199. The van der Waals surface area contributed by atoms with Crippen LogP contribution in [0.3, 0.4) is 0 Å². The number of imidazole rings is 1. The molecule has 0 spiro atoms. The zero-order valence-electron chi connectivity index (χ0n) is 24.6. The van der Waals surface area contributed by atoms with Crippen LogP contribution in [0.5, 0.6) is 0 Å². The molecule has 46 heavy (non-hydrogen) atoms. The first-order valence-electron chi connectivity index (χ1n) is 15.2. The Hall–Kier alpha value is -6.40. The Morgan fingerprint density at radius 1 is 0.457 bits per heavy atom. The predicted molar refractivity (Wildman–Crippen MR) is 183 cm³/mol. The number of aromatic nitrogens is 5. The van der Waals surface area contributed by atoms with Gasteiger partial charge in [0, 0.05) is 33.2 Å². The lowest BCUT2D eigenvalue weighted by Gasteiger charge is -2.10. The van der Waals surface area contributed by atoms with Crippen LogP contribution >= 0.6 is 0 Å². The Labute approximate surface area is 264 Å². The van der Waals surface area contributed by atoms with Gasteiger partial charge < -0.3 is 4.42 Å². The van der Waals surface area contributed by atoms with Crippen molar-refractivity contribution in [1.29, 1.82) is 0 Å². The SMILES string of the molecule is c1ccc(-c2nc(-c3ccccc3)nc(-c3cccc4oc5c(-c6nc7ccccc7n6-c6ccccc6)cccc5c34)n2)cc1. The van der Waals surface area contributed by atoms with E-state index in [1.165, 1.54) is 0 Å². The number of hydrogen-bond donors (Lipinski definition) is 0. The van der Waals surface area contributed by atoms with E-state index in [9.17, 15) is 0 Å². The highest BCUT2D eigenvalue weighted by atomic mass is 16.3. The summed E-state index contributed by atoms with van der Waals surface area (Å²) in [6, 6.07) is 50.9. The maximum absolute atomic E-state index is 6.69. The molecule has 0 aliphatic heterocycles. The molecule has 0 N–H and O–H groups in total. The van der Waals surface area contributed by atoms with Crippen molar-refractivity contribution in [2.24, 2.45) is 0 Å². The number of nitrogens with zero attached hydrogens (tertiary/aromatic N) is 5. The molecule has 0 aliphatic rings. The number of rotatable bonds is 5. The molecule has 6 nitrogen and oxygen atoms in total. The lowest BCUT2D eigenvalue weighted by Crippen LogP contribution is -2.00. The molecule has 0 saturated heterocycles. The second-order valence-electron chi connectivity index (χ2n) is 11.1. The van der Waals surface area contributed by atoms with Gasteiger partial charge in [-0.25, -0.2) is 19.9 Å². The molecule has 0 atom stereocenters. The molecule has 9 aromatic rings. The summed E-state index contributed by atoms with van der Waals surface area (Å²) in [5.41, 5.74) is 8.14. The van der Waals surface area contributed by atoms with Crippen molar-refractivity contribution in [1.82, 2.24) is 24.5 Å². The molecule has 0 unspecified atom stereocenters. The second-order valence-corrected chi connectivity index (χ2v) is 11.1. The van der Waals surface area contributed by atoms with Crippen LogP contribution < -0.4 is 0 Å². The fourth-order valence-electron chi connectivity index (χ4n) is 6.18. The molecular weight excluding hydrogens is 566 g/mol. The summed E-state index contributed by atoms with van der Waals surface area (Å²) in [5.74, 6) is 2.64. The van der Waals surface area contributed by atoms with E-state index < -0.39 is 0 Å². The first kappa shape index (κ1) is 26.0. The molecule has 0 bridgehead atoms. The van der Waals surface area contributed by atoms with Gasteiger partial charge >= 0.3 is 0 Å². The lowest BCUT2D eigenvalue weighted by atomic mass is 10.0. The highest BCUT2D eigenvalue weighted by Gasteiger charge is 2.22. The van der Waals surface area contributed by atoms with Gasteiger partial charge in [-0.1, -0.05) is 115 Å². The van der Waals surface area contributed by atoms with Gasteiger partial charge in [0.05, 0.1) is 16.6 Å². The van der Waals surface area contributed by atoms with E-state index in [2.05, 4.69) is 47.0 Å². The standard InChI is InChI=1S/C40H25N5O/c1-4-14-26(15-5-1)37-42-38(27-16-6-2-7-17-27)44-39(43-37)30-21-13-25-34-35(30)29-20-12-22-31(36(29)46-34)40-41-32-23-10-11-24-33(32)45(40)28-18-8-3-9-19-28/h1-25H. The Balaban J connectivity index is 1.30. The van der Waals surface area contributed by atoms with Gasteiger partial charge in [0.15, 0.2) is 17.5 Å². The van der Waals surface area contributed by atoms with Gasteiger partial charge in [-0.3, -0.25) is 4.57 Å². The van der Waals surface area contributed by atoms with Gasteiger partial charge in [0.2, 0.25) is 0 Å². The van der Waals surface area contributed by atoms with E-state index >= 15 is 0 Å². The molecule has 0 saturated carbocycles. The Morgan fingerprint density at radius 2 is 1.04 bits per heavy atom. The fraction of sp³-hybridized carbons (Fsp3) is 0. The van der Waals surface area contributed by atoms with Gasteiger partial charge in [0.1, 0.15) is 17.0 Å². The zero-order valence-corrected chi connectivity index (χ0v) is 24.6. The topological polar surface area (TPSA) is 69.6 Å². The van der Waals surface area contributed by atoms with Crippen LogP contribution in [-0.2, 0) is 0 Å². The van der Waals surface area contributed by atoms with Gasteiger partial charge in [0.25, 0.3) is 0 Å². The molecule has 3 aromatic heterocycles. The molecule has 3 heterocycles. The summed E-state index contributed by atoms with van der Waals surface area (Å²) in [6.07, 6.45) is 0. The van der Waals surface area contributed by atoms with E-state index in [4.69, 9.17) is 24.4 Å². The number of hydrogen-bond acceptors (Lipinski definition) is 5. The number of para-hydroxylation sites is 4. The Bertz CT molecular complexity index is 2460. The molecule has 0 aliphatic carbocycles. The largest absolute Gasteiger partial charge is 0.455 e. The average molecular weight is 592 g/mol. The molecule has 6 aromatic carbocycles.